The van der Waals surface area contributed by atoms with Crippen molar-refractivity contribution < 1.29 is 9.52 Å². The maximum atomic E-state index is 10.1. The fourth-order valence-corrected chi connectivity index (χ4v) is 2.86. The molecule has 2 aromatic heterocycles. The number of aliphatic hydroxyl groups is 1. The number of hydrogen-bond donors (Lipinski definition) is 1. The summed E-state index contributed by atoms with van der Waals surface area (Å²) in [6.45, 7) is 0. The van der Waals surface area contributed by atoms with Crippen molar-refractivity contribution in [2.75, 3.05) is 11.9 Å². The van der Waals surface area contributed by atoms with Gasteiger partial charge in [-0.3, -0.25) is 0 Å². The summed E-state index contributed by atoms with van der Waals surface area (Å²) in [7, 11) is 2.01. The number of likely N-dealkylation sites (N-methyl/N-ethyl adjacent to an activating group) is 1. The van der Waals surface area contributed by atoms with Gasteiger partial charge in [0.05, 0.1) is 23.8 Å². The first kappa shape index (κ1) is 11.5. The van der Waals surface area contributed by atoms with E-state index in [1.165, 1.54) is 6.42 Å². The van der Waals surface area contributed by atoms with Gasteiger partial charge in [0, 0.05) is 13.2 Å². The van der Waals surface area contributed by atoms with Crippen molar-refractivity contribution in [2.45, 2.75) is 37.8 Å². The molecule has 4 heteroatoms. The summed E-state index contributed by atoms with van der Waals surface area (Å²) < 4.78 is 5.39. The maximum absolute atomic E-state index is 10.1. The van der Waals surface area contributed by atoms with Crippen LogP contribution in [0, 0.1) is 0 Å². The number of pyridine rings is 1. The van der Waals surface area contributed by atoms with E-state index in [2.05, 4.69) is 9.88 Å². The molecule has 0 radical (unpaired) electrons. The molecule has 1 saturated carbocycles. The zero-order valence-corrected chi connectivity index (χ0v) is 10.5. The zero-order valence-electron chi connectivity index (χ0n) is 10.5. The Balaban J connectivity index is 1.95. The zero-order chi connectivity index (χ0) is 12.5. The number of nitrogens with zero attached hydrogens (tertiary/aromatic N) is 2. The molecule has 1 aliphatic carbocycles. The van der Waals surface area contributed by atoms with Gasteiger partial charge < -0.3 is 14.4 Å². The summed E-state index contributed by atoms with van der Waals surface area (Å²) in [6.07, 6.45) is 7.38. The van der Waals surface area contributed by atoms with Crippen molar-refractivity contribution in [3.05, 3.63) is 24.6 Å². The quantitative estimate of drug-likeness (QED) is 0.884. The van der Waals surface area contributed by atoms with E-state index in [1.54, 1.807) is 12.5 Å². The predicted molar refractivity (Wildman–Crippen MR) is 70.7 cm³/mol. The Hall–Kier alpha value is -1.55. The lowest BCUT2D eigenvalue weighted by molar-refractivity contribution is 0.106. The van der Waals surface area contributed by atoms with Crippen LogP contribution in [-0.4, -0.2) is 29.3 Å². The van der Waals surface area contributed by atoms with E-state index < -0.39 is 0 Å². The molecule has 1 N–H and O–H groups in total. The first-order valence-electron chi connectivity index (χ1n) is 6.50. The van der Waals surface area contributed by atoms with Crippen LogP contribution in [0.15, 0.2) is 29.0 Å². The minimum atomic E-state index is -0.257. The van der Waals surface area contributed by atoms with Gasteiger partial charge in [0.25, 0.3) is 0 Å². The Bertz CT molecular complexity index is 537. The molecule has 1 aliphatic rings. The Morgan fingerprint density at radius 1 is 1.33 bits per heavy atom. The van der Waals surface area contributed by atoms with Crippen LogP contribution in [0.2, 0.25) is 0 Å². The lowest BCUT2D eigenvalue weighted by atomic mass is 9.91. The summed E-state index contributed by atoms with van der Waals surface area (Å²) in [5, 5.41) is 11.1. The fourth-order valence-electron chi connectivity index (χ4n) is 2.86. The minimum Gasteiger partial charge on any atom is -0.464 e. The molecule has 0 aromatic carbocycles. The molecule has 0 aliphatic heterocycles. The number of fused-ring (bicyclic) bond motifs is 1. The van der Waals surface area contributed by atoms with E-state index in [0.29, 0.717) is 0 Å². The van der Waals surface area contributed by atoms with E-state index in [1.807, 2.05) is 19.2 Å². The number of aliphatic hydroxyl groups excluding tert-OH is 1. The van der Waals surface area contributed by atoms with Gasteiger partial charge in [-0.15, -0.1) is 0 Å². The lowest BCUT2D eigenvalue weighted by Crippen LogP contribution is -2.43. The monoisotopic (exact) mass is 246 g/mol. The van der Waals surface area contributed by atoms with Crippen molar-refractivity contribution in [1.29, 1.82) is 0 Å². The first-order valence-corrected chi connectivity index (χ1v) is 6.50. The molecule has 4 nitrogen and oxygen atoms in total. The third-order valence-corrected chi connectivity index (χ3v) is 3.88. The normalized spacial score (nSPS) is 24.3. The summed E-state index contributed by atoms with van der Waals surface area (Å²) in [5.74, 6) is 0.896. The molecule has 0 saturated heterocycles. The van der Waals surface area contributed by atoms with E-state index in [4.69, 9.17) is 4.42 Å². The second-order valence-electron chi connectivity index (χ2n) is 5.00. The molecule has 2 aromatic rings. The minimum absolute atomic E-state index is 0.159. The van der Waals surface area contributed by atoms with Crippen molar-refractivity contribution in [3.63, 3.8) is 0 Å². The molecule has 0 bridgehead atoms. The molecule has 2 unspecified atom stereocenters. The van der Waals surface area contributed by atoms with Crippen molar-refractivity contribution in [3.8, 4) is 0 Å². The lowest BCUT2D eigenvalue weighted by Gasteiger charge is -2.36. The molecule has 1 fully saturated rings. The second-order valence-corrected chi connectivity index (χ2v) is 5.00. The SMILES string of the molecule is CN(c1nccc2occc12)C1CCCCC1O. The van der Waals surface area contributed by atoms with E-state index in [-0.39, 0.29) is 12.1 Å². The molecule has 96 valence electrons. The third kappa shape index (κ3) is 1.86. The number of hydrogen-bond acceptors (Lipinski definition) is 4. The van der Waals surface area contributed by atoms with Crippen LogP contribution in [0.1, 0.15) is 25.7 Å². The summed E-state index contributed by atoms with van der Waals surface area (Å²) in [4.78, 5) is 6.54. The molecule has 3 rings (SSSR count). The number of furan rings is 1. The van der Waals surface area contributed by atoms with Gasteiger partial charge in [0.1, 0.15) is 11.4 Å². The highest BCUT2D eigenvalue weighted by atomic mass is 16.3. The first-order chi connectivity index (χ1) is 8.77. The Morgan fingerprint density at radius 3 is 3.00 bits per heavy atom. The topological polar surface area (TPSA) is 49.5 Å². The summed E-state index contributed by atoms with van der Waals surface area (Å²) in [5.41, 5.74) is 0.845. The van der Waals surface area contributed by atoms with E-state index in [9.17, 15) is 5.11 Å². The van der Waals surface area contributed by atoms with Crippen molar-refractivity contribution in [1.82, 2.24) is 4.98 Å². The molecular formula is C14H18N2O2. The number of anilines is 1. The molecule has 18 heavy (non-hydrogen) atoms. The molecular weight excluding hydrogens is 228 g/mol. The van der Waals surface area contributed by atoms with Crippen LogP contribution in [-0.2, 0) is 0 Å². The number of aromatic nitrogens is 1. The molecule has 2 heterocycles. The van der Waals surface area contributed by atoms with Gasteiger partial charge in [0.15, 0.2) is 0 Å². The van der Waals surface area contributed by atoms with Gasteiger partial charge in [-0.05, 0) is 25.0 Å². The largest absolute Gasteiger partial charge is 0.464 e. The van der Waals surface area contributed by atoms with Crippen LogP contribution in [0.4, 0.5) is 5.82 Å². The predicted octanol–water partition coefficient (Wildman–Crippen LogP) is 2.57. The molecule has 0 spiro atoms. The average Bonchev–Trinajstić information content (AvgIpc) is 2.86. The van der Waals surface area contributed by atoms with Crippen LogP contribution < -0.4 is 4.90 Å². The van der Waals surface area contributed by atoms with Crippen LogP contribution >= 0.6 is 0 Å². The molecule has 0 amide bonds. The maximum Gasteiger partial charge on any atom is 0.139 e. The van der Waals surface area contributed by atoms with Gasteiger partial charge in [0.2, 0.25) is 0 Å². The van der Waals surface area contributed by atoms with Crippen LogP contribution in [0.5, 0.6) is 0 Å². The highest BCUT2D eigenvalue weighted by Crippen LogP contribution is 2.30. The van der Waals surface area contributed by atoms with E-state index in [0.717, 1.165) is 36.0 Å². The highest BCUT2D eigenvalue weighted by molar-refractivity contribution is 5.88. The Kier molecular flexibility index (Phi) is 2.96. The summed E-state index contributed by atoms with van der Waals surface area (Å²) in [6, 6.07) is 3.96. The average molecular weight is 246 g/mol. The van der Waals surface area contributed by atoms with Gasteiger partial charge in [-0.25, -0.2) is 4.98 Å². The van der Waals surface area contributed by atoms with Crippen molar-refractivity contribution in [2.24, 2.45) is 0 Å². The second kappa shape index (κ2) is 4.61. The van der Waals surface area contributed by atoms with Crippen LogP contribution in [0.3, 0.4) is 0 Å². The van der Waals surface area contributed by atoms with E-state index >= 15 is 0 Å². The Labute approximate surface area is 106 Å². The Morgan fingerprint density at radius 2 is 2.17 bits per heavy atom. The standard InChI is InChI=1S/C14H18N2O2/c1-16(11-4-2-3-5-12(11)17)14-10-7-9-18-13(10)6-8-15-14/h6-9,11-12,17H,2-5H2,1H3. The van der Waals surface area contributed by atoms with Gasteiger partial charge >= 0.3 is 0 Å². The fraction of sp³-hybridized carbons (Fsp3) is 0.500. The van der Waals surface area contributed by atoms with Gasteiger partial charge in [-0.1, -0.05) is 12.8 Å². The van der Waals surface area contributed by atoms with Gasteiger partial charge in [-0.2, -0.15) is 0 Å². The highest BCUT2D eigenvalue weighted by Gasteiger charge is 2.28. The van der Waals surface area contributed by atoms with Crippen molar-refractivity contribution >= 4 is 16.8 Å². The molecule has 2 atom stereocenters. The number of rotatable bonds is 2. The third-order valence-electron chi connectivity index (χ3n) is 3.88. The smallest absolute Gasteiger partial charge is 0.139 e. The van der Waals surface area contributed by atoms with Crippen LogP contribution in [0.25, 0.3) is 11.0 Å². The summed E-state index contributed by atoms with van der Waals surface area (Å²) >= 11 is 0.